The van der Waals surface area contributed by atoms with Gasteiger partial charge in [-0.15, -0.1) is 0 Å². The molecular weight excluding hydrogens is 278 g/mol. The topological polar surface area (TPSA) is 52.7 Å². The van der Waals surface area contributed by atoms with Crippen molar-refractivity contribution in [1.82, 2.24) is 15.1 Å². The maximum Gasteiger partial charge on any atom is 0.223 e. The van der Waals surface area contributed by atoms with E-state index in [2.05, 4.69) is 17.5 Å². The molecule has 5 nitrogen and oxygen atoms in total. The van der Waals surface area contributed by atoms with E-state index in [0.29, 0.717) is 32.6 Å². The van der Waals surface area contributed by atoms with Gasteiger partial charge in [0.25, 0.3) is 0 Å². The zero-order valence-corrected chi connectivity index (χ0v) is 13.5. The Hall–Kier alpha value is -1.36. The lowest BCUT2D eigenvalue weighted by Crippen LogP contribution is -2.50. The number of nitrogens with zero attached hydrogens (tertiary/aromatic N) is 2. The highest BCUT2D eigenvalue weighted by atomic mass is 16.2. The molecule has 1 heterocycles. The van der Waals surface area contributed by atoms with Gasteiger partial charge >= 0.3 is 0 Å². The minimum Gasteiger partial charge on any atom is -0.339 e. The maximum atomic E-state index is 12.2. The average molecular weight is 305 g/mol. The lowest BCUT2D eigenvalue weighted by atomic mass is 9.94. The van der Waals surface area contributed by atoms with Crippen LogP contribution >= 0.6 is 0 Å². The Morgan fingerprint density at radius 3 is 2.41 bits per heavy atom. The minimum atomic E-state index is 0.105. The molecule has 2 aliphatic carbocycles. The van der Waals surface area contributed by atoms with Crippen molar-refractivity contribution >= 4 is 11.8 Å². The second kappa shape index (κ2) is 6.82. The Labute approximate surface area is 132 Å². The molecule has 0 unspecified atom stereocenters. The normalized spacial score (nSPS) is 30.1. The van der Waals surface area contributed by atoms with Crippen LogP contribution in [0.25, 0.3) is 0 Å². The summed E-state index contributed by atoms with van der Waals surface area (Å²) >= 11 is 0. The van der Waals surface area contributed by atoms with E-state index in [4.69, 9.17) is 0 Å². The predicted octanol–water partition coefficient (Wildman–Crippen LogP) is 0.869. The van der Waals surface area contributed by atoms with Crippen molar-refractivity contribution in [3.63, 3.8) is 0 Å². The van der Waals surface area contributed by atoms with Crippen molar-refractivity contribution in [3.05, 3.63) is 12.2 Å². The zero-order chi connectivity index (χ0) is 15.5. The number of hydrogen-bond donors (Lipinski definition) is 1. The van der Waals surface area contributed by atoms with E-state index < -0.39 is 0 Å². The Bertz CT molecular complexity index is 455. The third-order valence-corrected chi connectivity index (χ3v) is 5.42. The van der Waals surface area contributed by atoms with E-state index in [1.54, 1.807) is 6.92 Å². The summed E-state index contributed by atoms with van der Waals surface area (Å²) in [6.45, 7) is 6.09. The van der Waals surface area contributed by atoms with Crippen LogP contribution in [0.2, 0.25) is 0 Å². The fraction of sp³-hybridized carbons (Fsp3) is 0.765. The molecule has 1 aliphatic heterocycles. The van der Waals surface area contributed by atoms with Crippen LogP contribution in [-0.2, 0) is 9.59 Å². The largest absolute Gasteiger partial charge is 0.339 e. The van der Waals surface area contributed by atoms with E-state index in [-0.39, 0.29) is 11.8 Å². The standard InChI is InChI=1S/C17H27N3O2/c1-13(21)19-6-8-20(9-7-19)17(22)4-5-18-12-16-11-14-2-3-15(16)10-14/h2-3,14-16,18H,4-12H2,1H3/t14-,15-,16-/m0/s1. The number of piperazine rings is 1. The summed E-state index contributed by atoms with van der Waals surface area (Å²) in [5.74, 6) is 2.67. The van der Waals surface area contributed by atoms with Gasteiger partial charge in [0.05, 0.1) is 0 Å². The summed E-state index contributed by atoms with van der Waals surface area (Å²) < 4.78 is 0. The summed E-state index contributed by atoms with van der Waals surface area (Å²) in [4.78, 5) is 27.1. The highest BCUT2D eigenvalue weighted by Crippen LogP contribution is 2.42. The van der Waals surface area contributed by atoms with Gasteiger partial charge in [0.15, 0.2) is 0 Å². The SMILES string of the molecule is CC(=O)N1CCN(C(=O)CCNC[C@@H]2C[C@H]3C=C[C@H]2C3)CC1. The van der Waals surface area contributed by atoms with Gasteiger partial charge in [-0.2, -0.15) is 0 Å². The summed E-state index contributed by atoms with van der Waals surface area (Å²) in [6, 6.07) is 0. The van der Waals surface area contributed by atoms with Crippen LogP contribution in [0.3, 0.4) is 0 Å². The highest BCUT2D eigenvalue weighted by molar-refractivity contribution is 5.77. The van der Waals surface area contributed by atoms with Crippen molar-refractivity contribution in [2.24, 2.45) is 17.8 Å². The van der Waals surface area contributed by atoms with E-state index in [1.807, 2.05) is 9.80 Å². The van der Waals surface area contributed by atoms with Gasteiger partial charge in [-0.3, -0.25) is 9.59 Å². The van der Waals surface area contributed by atoms with Gasteiger partial charge in [-0.25, -0.2) is 0 Å². The minimum absolute atomic E-state index is 0.105. The molecule has 0 spiro atoms. The fourth-order valence-electron chi connectivity index (χ4n) is 4.04. The summed E-state index contributed by atoms with van der Waals surface area (Å²) in [6.07, 6.45) is 7.96. The van der Waals surface area contributed by atoms with Crippen molar-refractivity contribution in [2.75, 3.05) is 39.3 Å². The Morgan fingerprint density at radius 2 is 1.82 bits per heavy atom. The van der Waals surface area contributed by atoms with Crippen LogP contribution in [0.15, 0.2) is 12.2 Å². The van der Waals surface area contributed by atoms with Gasteiger partial charge in [0.1, 0.15) is 0 Å². The quantitative estimate of drug-likeness (QED) is 0.606. The first-order valence-corrected chi connectivity index (χ1v) is 8.56. The maximum absolute atomic E-state index is 12.2. The molecule has 3 rings (SSSR count). The second-order valence-electron chi connectivity index (χ2n) is 6.88. The third-order valence-electron chi connectivity index (χ3n) is 5.42. The molecule has 3 atom stereocenters. The van der Waals surface area contributed by atoms with Crippen LogP contribution in [0.5, 0.6) is 0 Å². The van der Waals surface area contributed by atoms with Gasteiger partial charge in [0.2, 0.25) is 11.8 Å². The lowest BCUT2D eigenvalue weighted by Gasteiger charge is -2.34. The van der Waals surface area contributed by atoms with Gasteiger partial charge in [0, 0.05) is 46.1 Å². The Kier molecular flexibility index (Phi) is 4.81. The average Bonchev–Trinajstić information content (AvgIpc) is 3.14. The first-order chi connectivity index (χ1) is 10.6. The molecule has 1 N–H and O–H groups in total. The van der Waals surface area contributed by atoms with E-state index in [0.717, 1.165) is 30.8 Å². The fourth-order valence-corrected chi connectivity index (χ4v) is 4.04. The molecule has 1 saturated heterocycles. The molecule has 2 fully saturated rings. The molecule has 2 amide bonds. The first-order valence-electron chi connectivity index (χ1n) is 8.56. The molecule has 0 aromatic carbocycles. The van der Waals surface area contributed by atoms with Crippen LogP contribution in [0.1, 0.15) is 26.2 Å². The van der Waals surface area contributed by atoms with Gasteiger partial charge in [-0.05, 0) is 37.1 Å². The predicted molar refractivity (Wildman–Crippen MR) is 85.2 cm³/mol. The monoisotopic (exact) mass is 305 g/mol. The van der Waals surface area contributed by atoms with Crippen molar-refractivity contribution in [1.29, 1.82) is 0 Å². The Balaban J connectivity index is 1.30. The molecule has 0 aromatic rings. The lowest BCUT2D eigenvalue weighted by molar-refractivity contribution is -0.138. The number of rotatable bonds is 5. The molecule has 5 heteroatoms. The number of carbonyl (C=O) groups excluding carboxylic acids is 2. The highest BCUT2D eigenvalue weighted by Gasteiger charge is 2.35. The number of allylic oxidation sites excluding steroid dienone is 2. The number of hydrogen-bond acceptors (Lipinski definition) is 3. The smallest absolute Gasteiger partial charge is 0.223 e. The molecule has 0 radical (unpaired) electrons. The van der Waals surface area contributed by atoms with Crippen LogP contribution in [-0.4, -0.2) is 60.9 Å². The van der Waals surface area contributed by atoms with Crippen molar-refractivity contribution in [2.45, 2.75) is 26.2 Å². The second-order valence-corrected chi connectivity index (χ2v) is 6.88. The van der Waals surface area contributed by atoms with Crippen molar-refractivity contribution < 1.29 is 9.59 Å². The van der Waals surface area contributed by atoms with Crippen LogP contribution in [0.4, 0.5) is 0 Å². The first kappa shape index (κ1) is 15.5. The zero-order valence-electron chi connectivity index (χ0n) is 13.5. The van der Waals surface area contributed by atoms with Crippen LogP contribution in [0, 0.1) is 17.8 Å². The molecule has 22 heavy (non-hydrogen) atoms. The number of carbonyl (C=O) groups is 2. The van der Waals surface area contributed by atoms with Crippen LogP contribution < -0.4 is 5.32 Å². The van der Waals surface area contributed by atoms with Gasteiger partial charge < -0.3 is 15.1 Å². The molecule has 122 valence electrons. The van der Waals surface area contributed by atoms with Gasteiger partial charge in [-0.1, -0.05) is 12.2 Å². The molecule has 0 aromatic heterocycles. The summed E-state index contributed by atoms with van der Waals surface area (Å²) in [5.41, 5.74) is 0. The number of amides is 2. The molecular formula is C17H27N3O2. The third kappa shape index (κ3) is 3.51. The number of nitrogens with one attached hydrogen (secondary N) is 1. The summed E-state index contributed by atoms with van der Waals surface area (Å²) in [5, 5.41) is 3.46. The molecule has 3 aliphatic rings. The van der Waals surface area contributed by atoms with E-state index in [9.17, 15) is 9.59 Å². The van der Waals surface area contributed by atoms with E-state index >= 15 is 0 Å². The molecule has 1 saturated carbocycles. The van der Waals surface area contributed by atoms with Crippen molar-refractivity contribution in [3.8, 4) is 0 Å². The number of fused-ring (bicyclic) bond motifs is 2. The van der Waals surface area contributed by atoms with E-state index in [1.165, 1.54) is 12.8 Å². The molecule has 2 bridgehead atoms. The summed E-state index contributed by atoms with van der Waals surface area (Å²) in [7, 11) is 0. The Morgan fingerprint density at radius 1 is 1.09 bits per heavy atom.